The normalized spacial score (nSPS) is 12.4. The lowest BCUT2D eigenvalue weighted by atomic mass is 10.1. The van der Waals surface area contributed by atoms with Crippen molar-refractivity contribution >= 4 is 15.9 Å². The van der Waals surface area contributed by atoms with Crippen LogP contribution in [0.15, 0.2) is 29.0 Å². The molecule has 2 N–H and O–H groups in total. The van der Waals surface area contributed by atoms with Crippen LogP contribution >= 0.6 is 15.9 Å². The molecular formula is C13H17BrN4O2. The van der Waals surface area contributed by atoms with Crippen molar-refractivity contribution < 1.29 is 9.47 Å². The Bertz CT molecular complexity index is 573. The Hall–Kier alpha value is -1.44. The van der Waals surface area contributed by atoms with Gasteiger partial charge in [0.15, 0.2) is 0 Å². The van der Waals surface area contributed by atoms with E-state index in [1.807, 2.05) is 16.8 Å². The molecule has 0 spiro atoms. The van der Waals surface area contributed by atoms with E-state index in [1.165, 1.54) is 0 Å². The van der Waals surface area contributed by atoms with Crippen LogP contribution in [-0.2, 0) is 11.3 Å². The van der Waals surface area contributed by atoms with Crippen molar-refractivity contribution in [3.05, 3.63) is 40.3 Å². The van der Waals surface area contributed by atoms with Crippen LogP contribution in [-0.4, -0.2) is 35.6 Å². The van der Waals surface area contributed by atoms with Gasteiger partial charge in [-0.15, -0.1) is 0 Å². The number of hydrogen-bond donors (Lipinski definition) is 1. The van der Waals surface area contributed by atoms with Gasteiger partial charge >= 0.3 is 0 Å². The molecule has 7 heteroatoms. The highest BCUT2D eigenvalue weighted by atomic mass is 79.9. The lowest BCUT2D eigenvalue weighted by Gasteiger charge is -2.17. The van der Waals surface area contributed by atoms with E-state index in [9.17, 15) is 0 Å². The molecule has 2 heterocycles. The number of aromatic nitrogens is 3. The van der Waals surface area contributed by atoms with Crippen molar-refractivity contribution in [2.45, 2.75) is 12.6 Å². The van der Waals surface area contributed by atoms with E-state index < -0.39 is 0 Å². The number of hydrogen-bond acceptors (Lipinski definition) is 5. The predicted octanol–water partition coefficient (Wildman–Crippen LogP) is 1.74. The minimum atomic E-state index is -0.382. The highest BCUT2D eigenvalue weighted by molar-refractivity contribution is 9.10. The molecule has 108 valence electrons. The van der Waals surface area contributed by atoms with Crippen LogP contribution in [0.5, 0.6) is 5.88 Å². The molecule has 0 aliphatic carbocycles. The van der Waals surface area contributed by atoms with Crippen LogP contribution in [0.25, 0.3) is 0 Å². The fraction of sp³-hybridized carbons (Fsp3) is 0.385. The number of halogens is 1. The van der Waals surface area contributed by atoms with Crippen molar-refractivity contribution in [3.63, 3.8) is 0 Å². The molecule has 6 nitrogen and oxygen atoms in total. The maximum absolute atomic E-state index is 6.36. The predicted molar refractivity (Wildman–Crippen MR) is 78.6 cm³/mol. The smallest absolute Gasteiger partial charge is 0.218 e. The van der Waals surface area contributed by atoms with Crippen molar-refractivity contribution in [3.8, 4) is 5.88 Å². The molecule has 0 saturated carbocycles. The molecular weight excluding hydrogens is 324 g/mol. The number of rotatable bonds is 6. The Morgan fingerprint density at radius 1 is 1.45 bits per heavy atom. The zero-order valence-corrected chi connectivity index (χ0v) is 13.0. The van der Waals surface area contributed by atoms with Gasteiger partial charge in [0.05, 0.1) is 42.7 Å². The first-order chi connectivity index (χ1) is 9.69. The first-order valence-corrected chi connectivity index (χ1v) is 6.93. The van der Waals surface area contributed by atoms with Gasteiger partial charge in [-0.3, -0.25) is 4.68 Å². The minimum absolute atomic E-state index is 0.382. The molecule has 0 aliphatic heterocycles. The Morgan fingerprint density at radius 2 is 2.25 bits per heavy atom. The van der Waals surface area contributed by atoms with E-state index in [-0.39, 0.29) is 6.04 Å². The molecule has 0 aliphatic rings. The first kappa shape index (κ1) is 15.0. The molecule has 2 rings (SSSR count). The quantitative estimate of drug-likeness (QED) is 0.866. The van der Waals surface area contributed by atoms with Gasteiger partial charge in [0.1, 0.15) is 0 Å². The second kappa shape index (κ2) is 6.83. The molecule has 20 heavy (non-hydrogen) atoms. The van der Waals surface area contributed by atoms with E-state index in [0.717, 1.165) is 15.7 Å². The van der Waals surface area contributed by atoms with Crippen LogP contribution in [0.4, 0.5) is 0 Å². The van der Waals surface area contributed by atoms with Crippen LogP contribution in [0.2, 0.25) is 0 Å². The summed E-state index contributed by atoms with van der Waals surface area (Å²) in [6.07, 6.45) is 3.40. The number of methoxy groups -OCH3 is 2. The van der Waals surface area contributed by atoms with Crippen molar-refractivity contribution in [2.75, 3.05) is 20.8 Å². The van der Waals surface area contributed by atoms with Gasteiger partial charge in [-0.2, -0.15) is 5.10 Å². The van der Waals surface area contributed by atoms with E-state index in [0.29, 0.717) is 19.0 Å². The van der Waals surface area contributed by atoms with Gasteiger partial charge in [0.2, 0.25) is 5.88 Å². The molecule has 1 atom stereocenters. The SMILES string of the molecule is COCCn1ncc(Br)c1C(N)c1cccnc1OC. The second-order valence-corrected chi connectivity index (χ2v) is 5.03. The molecule has 2 aromatic rings. The van der Waals surface area contributed by atoms with Crippen molar-refractivity contribution in [1.82, 2.24) is 14.8 Å². The second-order valence-electron chi connectivity index (χ2n) is 4.17. The molecule has 0 radical (unpaired) electrons. The van der Waals surface area contributed by atoms with Gasteiger partial charge in [-0.25, -0.2) is 4.98 Å². The van der Waals surface area contributed by atoms with Crippen LogP contribution in [0, 0.1) is 0 Å². The summed E-state index contributed by atoms with van der Waals surface area (Å²) in [6.45, 7) is 1.20. The Kier molecular flexibility index (Phi) is 5.11. The average molecular weight is 341 g/mol. The largest absolute Gasteiger partial charge is 0.481 e. The molecule has 0 amide bonds. The molecule has 0 saturated heterocycles. The van der Waals surface area contributed by atoms with Gasteiger partial charge < -0.3 is 15.2 Å². The van der Waals surface area contributed by atoms with Crippen LogP contribution in [0.3, 0.4) is 0 Å². The zero-order chi connectivity index (χ0) is 14.5. The summed E-state index contributed by atoms with van der Waals surface area (Å²) in [6, 6.07) is 3.35. The van der Waals surface area contributed by atoms with Gasteiger partial charge in [0, 0.05) is 18.9 Å². The van der Waals surface area contributed by atoms with Crippen LogP contribution < -0.4 is 10.5 Å². The fourth-order valence-electron chi connectivity index (χ4n) is 1.99. The summed E-state index contributed by atoms with van der Waals surface area (Å²) in [7, 11) is 3.23. The minimum Gasteiger partial charge on any atom is -0.481 e. The topological polar surface area (TPSA) is 75.2 Å². The Labute approximate surface area is 126 Å². The van der Waals surface area contributed by atoms with Gasteiger partial charge in [-0.05, 0) is 22.0 Å². The fourth-order valence-corrected chi connectivity index (χ4v) is 2.54. The summed E-state index contributed by atoms with van der Waals surface area (Å²) < 4.78 is 13.0. The summed E-state index contributed by atoms with van der Waals surface area (Å²) in [5.74, 6) is 0.520. The maximum atomic E-state index is 6.36. The summed E-state index contributed by atoms with van der Waals surface area (Å²) in [5, 5.41) is 4.30. The third-order valence-electron chi connectivity index (χ3n) is 2.96. The van der Waals surface area contributed by atoms with Gasteiger partial charge in [0.25, 0.3) is 0 Å². The molecule has 0 aromatic carbocycles. The average Bonchev–Trinajstić information content (AvgIpc) is 2.85. The third kappa shape index (κ3) is 3.00. The third-order valence-corrected chi connectivity index (χ3v) is 3.58. The van der Waals surface area contributed by atoms with E-state index in [2.05, 4.69) is 26.0 Å². The lowest BCUT2D eigenvalue weighted by molar-refractivity contribution is 0.182. The number of ether oxygens (including phenoxy) is 2. The number of nitrogens with zero attached hydrogens (tertiary/aromatic N) is 3. The summed E-state index contributed by atoms with van der Waals surface area (Å²) in [5.41, 5.74) is 8.04. The number of pyridine rings is 1. The van der Waals surface area contributed by atoms with Gasteiger partial charge in [-0.1, -0.05) is 6.07 Å². The Balaban J connectivity index is 2.37. The molecule has 1 unspecified atom stereocenters. The first-order valence-electron chi connectivity index (χ1n) is 6.13. The number of nitrogens with two attached hydrogens (primary N) is 1. The molecule has 2 aromatic heterocycles. The summed E-state index contributed by atoms with van der Waals surface area (Å²) in [4.78, 5) is 4.18. The van der Waals surface area contributed by atoms with Crippen molar-refractivity contribution in [2.24, 2.45) is 5.73 Å². The molecule has 0 bridgehead atoms. The highest BCUT2D eigenvalue weighted by Crippen LogP contribution is 2.30. The zero-order valence-electron chi connectivity index (χ0n) is 11.4. The highest BCUT2D eigenvalue weighted by Gasteiger charge is 2.21. The van der Waals surface area contributed by atoms with Crippen molar-refractivity contribution in [1.29, 1.82) is 0 Å². The lowest BCUT2D eigenvalue weighted by Crippen LogP contribution is -2.20. The standard InChI is InChI=1S/C13H17BrN4O2/c1-19-7-6-18-12(10(14)8-17-18)11(15)9-4-3-5-16-13(9)20-2/h3-5,8,11H,6-7,15H2,1-2H3. The summed E-state index contributed by atoms with van der Waals surface area (Å²) >= 11 is 3.49. The maximum Gasteiger partial charge on any atom is 0.218 e. The van der Waals surface area contributed by atoms with Crippen LogP contribution in [0.1, 0.15) is 17.3 Å². The molecule has 0 fully saturated rings. The van der Waals surface area contributed by atoms with E-state index in [1.54, 1.807) is 26.6 Å². The van der Waals surface area contributed by atoms with E-state index in [4.69, 9.17) is 15.2 Å². The monoisotopic (exact) mass is 340 g/mol. The van der Waals surface area contributed by atoms with E-state index >= 15 is 0 Å². The Morgan fingerprint density at radius 3 is 2.95 bits per heavy atom.